The van der Waals surface area contributed by atoms with Crippen LogP contribution in [0.5, 0.6) is 0 Å². The fourth-order valence-electron chi connectivity index (χ4n) is 6.49. The van der Waals surface area contributed by atoms with Crippen LogP contribution in [0.3, 0.4) is 0 Å². The minimum absolute atomic E-state index is 0.000820. The number of unbranched alkanes of at least 4 members (excludes halogenated alkanes) is 1. The Morgan fingerprint density at radius 3 is 1.06 bits per heavy atom. The molecular formula is C38H61N9O20. The van der Waals surface area contributed by atoms with Crippen LogP contribution in [-0.4, -0.2) is 241 Å². The van der Waals surface area contributed by atoms with Gasteiger partial charge in [-0.1, -0.05) is 0 Å². The maximum atomic E-state index is 13.1. The van der Waals surface area contributed by atoms with Gasteiger partial charge >= 0.3 is 53.8 Å². The molecule has 1 fully saturated rings. The van der Waals surface area contributed by atoms with Crippen LogP contribution in [0.25, 0.3) is 0 Å². The first-order valence-corrected chi connectivity index (χ1v) is 21.1. The smallest absolute Gasteiger partial charge is 0.326 e. The minimum Gasteiger partial charge on any atom is -0.481 e. The number of carboxylic acid groups (broad SMARTS) is 8. The summed E-state index contributed by atoms with van der Waals surface area (Å²) in [5, 5.41) is 86.0. The molecule has 0 bridgehead atoms. The standard InChI is InChI=1S/C38H61N9O20/c48-27(39-10-2-1-3-23(34(59)60)42-38(67)43-26(37(65)66)6-9-30(51)52)7-4-24(35(61)62)40-28(49)8-5-25(36(63)64)41-29(50)19-44-11-13-45(20-31(53)54)15-17-47(22-33(57)58)18-16-46(14-12-44)21-32(55)56/h23-26H,1-22H2,(H,39,48)(H,40,49)(H,41,50)(H,51,52)(H,53,54)(H,55,56)(H,57,58)(H,59,60)(H,61,62)(H,63,64)(H,65,66)(H2,42,43,67). The van der Waals surface area contributed by atoms with Crippen LogP contribution in [0, 0.1) is 0 Å². The number of hydrogen-bond donors (Lipinski definition) is 13. The lowest BCUT2D eigenvalue weighted by atomic mass is 10.1. The Bertz CT molecular complexity index is 1720. The van der Waals surface area contributed by atoms with Crippen molar-refractivity contribution >= 4 is 71.5 Å². The number of rotatable bonds is 30. The van der Waals surface area contributed by atoms with Gasteiger partial charge in [0, 0.05) is 78.2 Å². The zero-order valence-electron chi connectivity index (χ0n) is 36.6. The van der Waals surface area contributed by atoms with Crippen molar-refractivity contribution < 1.29 is 98.4 Å². The second kappa shape index (κ2) is 31.2. The highest BCUT2D eigenvalue weighted by Gasteiger charge is 2.28. The van der Waals surface area contributed by atoms with E-state index in [1.165, 1.54) is 9.80 Å². The lowest BCUT2D eigenvalue weighted by molar-refractivity contribution is -0.143. The van der Waals surface area contributed by atoms with E-state index in [9.17, 15) is 88.2 Å². The molecule has 4 unspecified atom stereocenters. The summed E-state index contributed by atoms with van der Waals surface area (Å²) in [7, 11) is 0. The summed E-state index contributed by atoms with van der Waals surface area (Å²) in [6.07, 6.45) is -2.65. The summed E-state index contributed by atoms with van der Waals surface area (Å²) in [6, 6.07) is -7.40. The zero-order chi connectivity index (χ0) is 50.6. The topological polar surface area (TPSA) is 440 Å². The van der Waals surface area contributed by atoms with Crippen molar-refractivity contribution in [3.8, 4) is 0 Å². The highest BCUT2D eigenvalue weighted by Crippen LogP contribution is 2.07. The predicted octanol–water partition coefficient (Wildman–Crippen LogP) is -4.48. The molecule has 67 heavy (non-hydrogen) atoms. The maximum absolute atomic E-state index is 13.1. The number of amides is 5. The first-order valence-electron chi connectivity index (χ1n) is 21.1. The molecule has 1 aliphatic rings. The van der Waals surface area contributed by atoms with Crippen molar-refractivity contribution in [1.82, 2.24) is 46.2 Å². The van der Waals surface area contributed by atoms with E-state index in [1.54, 1.807) is 9.80 Å². The molecule has 1 rings (SSSR count). The van der Waals surface area contributed by atoms with E-state index in [0.717, 1.165) is 0 Å². The molecule has 13 N–H and O–H groups in total. The Balaban J connectivity index is 2.72. The molecule has 0 aromatic heterocycles. The highest BCUT2D eigenvalue weighted by molar-refractivity contribution is 5.88. The molecule has 5 amide bonds. The maximum Gasteiger partial charge on any atom is 0.326 e. The lowest BCUT2D eigenvalue weighted by Gasteiger charge is -2.33. The zero-order valence-corrected chi connectivity index (χ0v) is 36.6. The quantitative estimate of drug-likeness (QED) is 0.0302. The molecule has 29 heteroatoms. The molecule has 0 saturated carbocycles. The van der Waals surface area contributed by atoms with Gasteiger partial charge in [-0.25, -0.2) is 24.0 Å². The fraction of sp³-hybridized carbons (Fsp3) is 0.684. The Hall–Kier alpha value is -6.72. The van der Waals surface area contributed by atoms with Crippen molar-refractivity contribution in [2.45, 2.75) is 82.0 Å². The van der Waals surface area contributed by atoms with Gasteiger partial charge in [0.2, 0.25) is 17.7 Å². The molecule has 1 heterocycles. The van der Waals surface area contributed by atoms with E-state index < -0.39 is 141 Å². The van der Waals surface area contributed by atoms with Crippen molar-refractivity contribution in [3.05, 3.63) is 0 Å². The van der Waals surface area contributed by atoms with Crippen molar-refractivity contribution in [1.29, 1.82) is 0 Å². The van der Waals surface area contributed by atoms with E-state index >= 15 is 0 Å². The van der Waals surface area contributed by atoms with Crippen molar-refractivity contribution in [3.63, 3.8) is 0 Å². The van der Waals surface area contributed by atoms with Gasteiger partial charge in [-0.05, 0) is 38.5 Å². The van der Waals surface area contributed by atoms with Crippen molar-refractivity contribution in [2.75, 3.05) is 85.1 Å². The van der Waals surface area contributed by atoms with Crippen LogP contribution in [0.2, 0.25) is 0 Å². The monoisotopic (exact) mass is 963 g/mol. The van der Waals surface area contributed by atoms with Gasteiger partial charge in [-0.2, -0.15) is 0 Å². The van der Waals surface area contributed by atoms with E-state index in [4.69, 9.17) is 10.2 Å². The number of urea groups is 1. The molecule has 0 radical (unpaired) electrons. The first-order chi connectivity index (χ1) is 31.4. The van der Waals surface area contributed by atoms with Crippen LogP contribution >= 0.6 is 0 Å². The minimum atomic E-state index is -1.62. The normalized spacial score (nSPS) is 16.2. The third-order valence-electron chi connectivity index (χ3n) is 10.1. The summed E-state index contributed by atoms with van der Waals surface area (Å²) in [5.74, 6) is -13.1. The number of carboxylic acids is 8. The van der Waals surface area contributed by atoms with E-state index in [1.807, 2.05) is 5.32 Å². The van der Waals surface area contributed by atoms with Crippen LogP contribution in [-0.2, 0) is 52.7 Å². The van der Waals surface area contributed by atoms with Gasteiger partial charge in [0.05, 0.1) is 26.2 Å². The van der Waals surface area contributed by atoms with Crippen molar-refractivity contribution in [2.24, 2.45) is 0 Å². The molecule has 1 saturated heterocycles. The summed E-state index contributed by atoms with van der Waals surface area (Å²) in [5.41, 5.74) is 0. The van der Waals surface area contributed by atoms with Gasteiger partial charge in [-0.15, -0.1) is 0 Å². The second-order valence-corrected chi connectivity index (χ2v) is 15.5. The summed E-state index contributed by atoms with van der Waals surface area (Å²) >= 11 is 0. The van der Waals surface area contributed by atoms with Gasteiger partial charge in [0.25, 0.3) is 0 Å². The largest absolute Gasteiger partial charge is 0.481 e. The molecule has 29 nitrogen and oxygen atoms in total. The van der Waals surface area contributed by atoms with E-state index in [0.29, 0.717) is 0 Å². The summed E-state index contributed by atoms with van der Waals surface area (Å²) in [4.78, 5) is 149. The van der Waals surface area contributed by atoms with E-state index in [-0.39, 0.29) is 97.6 Å². The Morgan fingerprint density at radius 2 is 0.687 bits per heavy atom. The molecule has 0 aromatic rings. The van der Waals surface area contributed by atoms with Crippen LogP contribution < -0.4 is 26.6 Å². The Morgan fingerprint density at radius 1 is 0.358 bits per heavy atom. The summed E-state index contributed by atoms with van der Waals surface area (Å²) < 4.78 is 0. The molecule has 0 aromatic carbocycles. The summed E-state index contributed by atoms with van der Waals surface area (Å²) in [6.45, 7) is -0.724. The number of hydrogen-bond acceptors (Lipinski definition) is 16. The Labute approximate surface area is 382 Å². The highest BCUT2D eigenvalue weighted by atomic mass is 16.4. The third-order valence-corrected chi connectivity index (χ3v) is 10.1. The van der Waals surface area contributed by atoms with E-state index in [2.05, 4.69) is 21.3 Å². The average Bonchev–Trinajstić information content (AvgIpc) is 3.21. The number of carbonyl (C=O) groups is 12. The number of nitrogens with zero attached hydrogens (tertiary/aromatic N) is 4. The SMILES string of the molecule is O=C(O)CCC(NC(=O)NC(CCCCNC(=O)CCC(NC(=O)CCC(NC(=O)CN1CCN(CC(=O)O)CCN(CC(=O)O)CCN(CC(=O)O)CC1)C(=O)O)C(=O)O)C(=O)O)C(=O)O. The molecule has 4 atom stereocenters. The van der Waals surface area contributed by atoms with Gasteiger partial charge in [-0.3, -0.25) is 53.2 Å². The Kier molecular flexibility index (Phi) is 27.2. The van der Waals surface area contributed by atoms with Crippen LogP contribution in [0.1, 0.15) is 57.8 Å². The second-order valence-electron chi connectivity index (χ2n) is 15.5. The molecule has 0 aliphatic carbocycles. The average molecular weight is 964 g/mol. The van der Waals surface area contributed by atoms with Crippen LogP contribution in [0.4, 0.5) is 4.79 Å². The molecule has 378 valence electrons. The number of aliphatic carboxylic acids is 8. The molecule has 1 aliphatic heterocycles. The number of carbonyl (C=O) groups excluding carboxylic acids is 4. The number of nitrogens with one attached hydrogen (secondary N) is 5. The predicted molar refractivity (Wildman–Crippen MR) is 225 cm³/mol. The molecular weight excluding hydrogens is 902 g/mol. The first kappa shape index (κ1) is 58.3. The lowest BCUT2D eigenvalue weighted by Crippen LogP contribution is -2.51. The third kappa shape index (κ3) is 27.4. The fourth-order valence-corrected chi connectivity index (χ4v) is 6.49. The van der Waals surface area contributed by atoms with Crippen LogP contribution in [0.15, 0.2) is 0 Å². The van der Waals surface area contributed by atoms with Gasteiger partial charge in [0.15, 0.2) is 0 Å². The molecule has 0 spiro atoms. The van der Waals surface area contributed by atoms with Gasteiger partial charge < -0.3 is 67.4 Å². The van der Waals surface area contributed by atoms with Gasteiger partial charge in [0.1, 0.15) is 24.2 Å².